The minimum absolute atomic E-state index is 0.158. The highest BCUT2D eigenvalue weighted by atomic mass is 35.5. The second-order valence-electron chi connectivity index (χ2n) is 7.01. The number of carboxylic acids is 1. The lowest BCUT2D eigenvalue weighted by Gasteiger charge is -2.06. The molecule has 0 unspecified atom stereocenters. The minimum Gasteiger partial charge on any atom is -0.507 e. The summed E-state index contributed by atoms with van der Waals surface area (Å²) in [5.74, 6) is -0.997. The second-order valence-corrected chi connectivity index (χ2v) is 8.51. The summed E-state index contributed by atoms with van der Waals surface area (Å²) < 4.78 is 0. The van der Waals surface area contributed by atoms with E-state index in [-0.39, 0.29) is 11.3 Å². The molecule has 1 aromatic heterocycles. The molecule has 5 nitrogen and oxygen atoms in total. The average Bonchev–Trinajstić information content (AvgIpc) is 3.00. The van der Waals surface area contributed by atoms with Crippen LogP contribution in [0, 0.1) is 12.8 Å². The third-order valence-electron chi connectivity index (χ3n) is 4.21. The third-order valence-corrected chi connectivity index (χ3v) is 5.61. The number of halogens is 1. The van der Waals surface area contributed by atoms with Crippen LogP contribution < -0.4 is 5.32 Å². The number of benzene rings is 2. The first-order valence-corrected chi connectivity index (χ1v) is 10.0. The zero-order chi connectivity index (χ0) is 20.4. The Bertz CT molecular complexity index is 1030. The standard InChI is InChI=1S/C21H21ClN2O3S/c1-11(2)8-18-19(13-5-4-12(3)16(22)9-13)24-21(28-18)23-14-6-7-17(25)15(10-14)20(26)27/h4-7,9-11,25H,8H2,1-3H3,(H,23,24)(H,26,27). The predicted molar refractivity (Wildman–Crippen MR) is 114 cm³/mol. The van der Waals surface area contributed by atoms with Crippen LogP contribution in [0.1, 0.15) is 34.6 Å². The summed E-state index contributed by atoms with van der Waals surface area (Å²) in [5, 5.41) is 23.4. The highest BCUT2D eigenvalue weighted by Gasteiger charge is 2.16. The fourth-order valence-corrected chi connectivity index (χ4v) is 4.19. The summed E-state index contributed by atoms with van der Waals surface area (Å²) in [4.78, 5) is 17.1. The molecular formula is C21H21ClN2O3S. The Balaban J connectivity index is 1.98. The number of aromatic hydroxyl groups is 1. The van der Waals surface area contributed by atoms with Gasteiger partial charge in [-0.3, -0.25) is 0 Å². The van der Waals surface area contributed by atoms with Crippen molar-refractivity contribution < 1.29 is 15.0 Å². The van der Waals surface area contributed by atoms with Gasteiger partial charge in [-0.2, -0.15) is 0 Å². The second kappa shape index (κ2) is 8.20. The van der Waals surface area contributed by atoms with E-state index < -0.39 is 5.97 Å². The number of phenols is 1. The van der Waals surface area contributed by atoms with Crippen molar-refractivity contribution in [2.75, 3.05) is 5.32 Å². The third kappa shape index (κ3) is 4.46. The van der Waals surface area contributed by atoms with E-state index in [4.69, 9.17) is 16.6 Å². The topological polar surface area (TPSA) is 82.5 Å². The molecule has 0 aliphatic rings. The number of hydrogen-bond donors (Lipinski definition) is 3. The Kier molecular flexibility index (Phi) is 5.91. The van der Waals surface area contributed by atoms with Crippen molar-refractivity contribution in [3.05, 3.63) is 57.4 Å². The van der Waals surface area contributed by atoms with E-state index in [0.29, 0.717) is 21.8 Å². The smallest absolute Gasteiger partial charge is 0.339 e. The van der Waals surface area contributed by atoms with Crippen LogP contribution in [0.2, 0.25) is 5.02 Å². The van der Waals surface area contributed by atoms with Crippen LogP contribution in [-0.4, -0.2) is 21.2 Å². The van der Waals surface area contributed by atoms with Crippen LogP contribution in [0.3, 0.4) is 0 Å². The molecular weight excluding hydrogens is 396 g/mol. The number of hydrogen-bond acceptors (Lipinski definition) is 5. The molecule has 7 heteroatoms. The maximum absolute atomic E-state index is 11.2. The summed E-state index contributed by atoms with van der Waals surface area (Å²) >= 11 is 7.83. The van der Waals surface area contributed by atoms with Gasteiger partial charge in [-0.15, -0.1) is 11.3 Å². The minimum atomic E-state index is -1.18. The molecule has 0 fully saturated rings. The van der Waals surface area contributed by atoms with Gasteiger partial charge in [-0.25, -0.2) is 9.78 Å². The molecule has 2 aromatic carbocycles. The number of nitrogens with one attached hydrogen (secondary N) is 1. The number of carboxylic acid groups (broad SMARTS) is 1. The molecule has 0 atom stereocenters. The lowest BCUT2D eigenvalue weighted by atomic mass is 10.0. The van der Waals surface area contributed by atoms with E-state index in [1.807, 2.05) is 25.1 Å². The van der Waals surface area contributed by atoms with E-state index >= 15 is 0 Å². The highest BCUT2D eigenvalue weighted by Crippen LogP contribution is 2.36. The molecule has 0 radical (unpaired) electrons. The molecule has 146 valence electrons. The lowest BCUT2D eigenvalue weighted by molar-refractivity contribution is 0.0694. The van der Waals surface area contributed by atoms with Crippen LogP contribution in [0.5, 0.6) is 5.75 Å². The molecule has 0 aliphatic heterocycles. The van der Waals surface area contributed by atoms with Gasteiger partial charge in [0.1, 0.15) is 11.3 Å². The summed E-state index contributed by atoms with van der Waals surface area (Å²) in [6.07, 6.45) is 0.871. The first kappa shape index (κ1) is 20.2. The first-order valence-electron chi connectivity index (χ1n) is 8.84. The van der Waals surface area contributed by atoms with Crippen molar-refractivity contribution in [1.29, 1.82) is 0 Å². The molecule has 3 N–H and O–H groups in total. The fourth-order valence-electron chi connectivity index (χ4n) is 2.79. The number of aromatic nitrogens is 1. The van der Waals surface area contributed by atoms with Gasteiger partial charge < -0.3 is 15.5 Å². The van der Waals surface area contributed by atoms with Gasteiger partial charge in [-0.1, -0.05) is 37.6 Å². The van der Waals surface area contributed by atoms with Gasteiger partial charge in [0, 0.05) is 21.2 Å². The fraction of sp³-hybridized carbons (Fsp3) is 0.238. The summed E-state index contributed by atoms with van der Waals surface area (Å²) in [5.41, 5.74) is 3.23. The average molecular weight is 417 g/mol. The largest absolute Gasteiger partial charge is 0.507 e. The van der Waals surface area contributed by atoms with E-state index in [1.54, 1.807) is 6.07 Å². The number of aromatic carboxylic acids is 1. The zero-order valence-electron chi connectivity index (χ0n) is 15.8. The van der Waals surface area contributed by atoms with Gasteiger partial charge in [0.15, 0.2) is 5.13 Å². The monoisotopic (exact) mass is 416 g/mol. The molecule has 0 spiro atoms. The maximum Gasteiger partial charge on any atom is 0.339 e. The number of anilines is 2. The van der Waals surface area contributed by atoms with Crippen molar-refractivity contribution in [2.45, 2.75) is 27.2 Å². The van der Waals surface area contributed by atoms with Gasteiger partial charge in [0.05, 0.1) is 5.69 Å². The normalized spacial score (nSPS) is 11.0. The summed E-state index contributed by atoms with van der Waals surface area (Å²) in [6.45, 7) is 6.26. The van der Waals surface area contributed by atoms with Gasteiger partial charge in [-0.05, 0) is 49.1 Å². The van der Waals surface area contributed by atoms with Crippen LogP contribution in [-0.2, 0) is 6.42 Å². The highest BCUT2D eigenvalue weighted by molar-refractivity contribution is 7.16. The SMILES string of the molecule is Cc1ccc(-c2nc(Nc3ccc(O)c(C(=O)O)c3)sc2CC(C)C)cc1Cl. The van der Waals surface area contributed by atoms with E-state index in [2.05, 4.69) is 19.2 Å². The molecule has 1 heterocycles. The first-order chi connectivity index (χ1) is 13.2. The van der Waals surface area contributed by atoms with Crippen LogP contribution in [0.4, 0.5) is 10.8 Å². The van der Waals surface area contributed by atoms with Crippen molar-refractivity contribution in [1.82, 2.24) is 4.98 Å². The Labute approximate surface area is 172 Å². The van der Waals surface area contributed by atoms with Gasteiger partial charge in [0.2, 0.25) is 0 Å². The lowest BCUT2D eigenvalue weighted by Crippen LogP contribution is -1.98. The summed E-state index contributed by atoms with van der Waals surface area (Å²) in [7, 11) is 0. The number of nitrogens with zero attached hydrogens (tertiary/aromatic N) is 1. The molecule has 3 aromatic rings. The van der Waals surface area contributed by atoms with Crippen LogP contribution in [0.15, 0.2) is 36.4 Å². The molecule has 0 bridgehead atoms. The van der Waals surface area contributed by atoms with Gasteiger partial charge >= 0.3 is 5.97 Å². The Morgan fingerprint density at radius 1 is 1.25 bits per heavy atom. The molecule has 0 aliphatic carbocycles. The Morgan fingerprint density at radius 2 is 2.00 bits per heavy atom. The number of thiazole rings is 1. The van der Waals surface area contributed by atoms with Crippen molar-refractivity contribution >= 4 is 39.7 Å². The number of rotatable bonds is 6. The number of aryl methyl sites for hydroxylation is 1. The van der Waals surface area contributed by atoms with Crippen LogP contribution in [0.25, 0.3) is 11.3 Å². The Morgan fingerprint density at radius 3 is 2.64 bits per heavy atom. The van der Waals surface area contributed by atoms with E-state index in [1.165, 1.54) is 23.5 Å². The van der Waals surface area contributed by atoms with Crippen molar-refractivity contribution in [2.24, 2.45) is 5.92 Å². The molecule has 0 saturated heterocycles. The maximum atomic E-state index is 11.2. The van der Waals surface area contributed by atoms with E-state index in [0.717, 1.165) is 28.1 Å². The summed E-state index contributed by atoms with van der Waals surface area (Å²) in [6, 6.07) is 10.3. The number of carbonyl (C=O) groups is 1. The van der Waals surface area contributed by atoms with E-state index in [9.17, 15) is 15.0 Å². The predicted octanol–water partition coefficient (Wildman–Crippen LogP) is 6.12. The molecule has 28 heavy (non-hydrogen) atoms. The van der Waals surface area contributed by atoms with Gasteiger partial charge in [0.25, 0.3) is 0 Å². The molecule has 0 amide bonds. The quantitative estimate of drug-likeness (QED) is 0.422. The van der Waals surface area contributed by atoms with Crippen LogP contribution >= 0.6 is 22.9 Å². The molecule has 0 saturated carbocycles. The Hall–Kier alpha value is -2.57. The molecule has 3 rings (SSSR count). The van der Waals surface area contributed by atoms with Crippen molar-refractivity contribution in [3.63, 3.8) is 0 Å². The zero-order valence-corrected chi connectivity index (χ0v) is 17.4. The van der Waals surface area contributed by atoms with Crippen molar-refractivity contribution in [3.8, 4) is 17.0 Å².